The Balaban J connectivity index is 1.52. The molecule has 0 bridgehead atoms. The van der Waals surface area contributed by atoms with Gasteiger partial charge in [-0.2, -0.15) is 5.10 Å². The number of nitrogens with zero attached hydrogens (tertiary/aromatic N) is 4. The standard InChI is InChI=1S/C22H19F2N5O2/c1-30-17-4-2-3-13(7-17)11-29-22(26-21(28-29)19-5-6-25-27-19)15-8-14-9-16(23)10-18(24)20(14)31-12-15/h2-7,9-10,15H,8,11-12H2,1H3,(H,25,27). The maximum atomic E-state index is 14.1. The van der Waals surface area contributed by atoms with Crippen molar-refractivity contribution in [2.45, 2.75) is 18.9 Å². The highest BCUT2D eigenvalue weighted by molar-refractivity contribution is 5.48. The first-order chi connectivity index (χ1) is 15.1. The summed E-state index contributed by atoms with van der Waals surface area (Å²) in [6, 6.07) is 11.6. The molecule has 0 fully saturated rings. The van der Waals surface area contributed by atoms with Crippen molar-refractivity contribution in [2.24, 2.45) is 0 Å². The molecule has 0 saturated carbocycles. The predicted octanol–water partition coefficient (Wildman–Crippen LogP) is 3.72. The number of hydrogen-bond donors (Lipinski definition) is 1. The average Bonchev–Trinajstić information content (AvgIpc) is 3.43. The second kappa shape index (κ2) is 7.82. The number of halogens is 2. The summed E-state index contributed by atoms with van der Waals surface area (Å²) in [7, 11) is 1.62. The van der Waals surface area contributed by atoms with E-state index in [2.05, 4.69) is 15.3 Å². The van der Waals surface area contributed by atoms with Gasteiger partial charge in [-0.1, -0.05) is 12.1 Å². The number of aromatic nitrogens is 5. The van der Waals surface area contributed by atoms with Crippen LogP contribution in [0.3, 0.4) is 0 Å². The quantitative estimate of drug-likeness (QED) is 0.529. The topological polar surface area (TPSA) is 77.9 Å². The van der Waals surface area contributed by atoms with Crippen molar-refractivity contribution in [3.05, 3.63) is 77.2 Å². The lowest BCUT2D eigenvalue weighted by Crippen LogP contribution is -2.24. The SMILES string of the molecule is COc1cccc(Cn2nc(-c3ccn[nH]3)nc2C2COc3c(F)cc(F)cc3C2)c1. The number of methoxy groups -OCH3 is 1. The first-order valence-corrected chi connectivity index (χ1v) is 9.79. The third kappa shape index (κ3) is 3.74. The lowest BCUT2D eigenvalue weighted by Gasteiger charge is -2.25. The summed E-state index contributed by atoms with van der Waals surface area (Å²) in [5.74, 6) is 0.470. The first kappa shape index (κ1) is 19.2. The molecule has 4 aromatic rings. The zero-order valence-electron chi connectivity index (χ0n) is 16.7. The van der Waals surface area contributed by atoms with Crippen LogP contribution in [0, 0.1) is 11.6 Å². The second-order valence-corrected chi connectivity index (χ2v) is 7.36. The van der Waals surface area contributed by atoms with E-state index < -0.39 is 11.6 Å². The normalized spacial score (nSPS) is 15.4. The Morgan fingerprint density at radius 1 is 1.23 bits per heavy atom. The Hall–Kier alpha value is -3.75. The van der Waals surface area contributed by atoms with Crippen molar-refractivity contribution in [3.8, 4) is 23.0 Å². The number of fused-ring (bicyclic) bond motifs is 1. The fraction of sp³-hybridized carbons (Fsp3) is 0.227. The van der Waals surface area contributed by atoms with Gasteiger partial charge in [0.1, 0.15) is 23.1 Å². The van der Waals surface area contributed by atoms with E-state index in [1.807, 2.05) is 24.3 Å². The molecule has 7 nitrogen and oxygen atoms in total. The van der Waals surface area contributed by atoms with Gasteiger partial charge in [-0.15, -0.1) is 5.10 Å². The molecular formula is C22H19F2N5O2. The summed E-state index contributed by atoms with van der Waals surface area (Å²) in [5.41, 5.74) is 2.14. The summed E-state index contributed by atoms with van der Waals surface area (Å²) in [6.07, 6.45) is 2.02. The monoisotopic (exact) mass is 423 g/mol. The van der Waals surface area contributed by atoms with E-state index in [9.17, 15) is 8.78 Å². The Kier molecular flexibility index (Phi) is 4.85. The number of nitrogens with one attached hydrogen (secondary N) is 1. The molecular weight excluding hydrogens is 404 g/mol. The lowest BCUT2D eigenvalue weighted by atomic mass is 9.95. The van der Waals surface area contributed by atoms with Crippen LogP contribution < -0.4 is 9.47 Å². The molecule has 2 aromatic carbocycles. The molecule has 0 radical (unpaired) electrons. The van der Waals surface area contributed by atoms with E-state index in [-0.39, 0.29) is 18.3 Å². The lowest BCUT2D eigenvalue weighted by molar-refractivity contribution is 0.241. The van der Waals surface area contributed by atoms with Gasteiger partial charge < -0.3 is 9.47 Å². The van der Waals surface area contributed by atoms with E-state index >= 15 is 0 Å². The number of ether oxygens (including phenoxy) is 2. The molecule has 0 aliphatic carbocycles. The van der Waals surface area contributed by atoms with E-state index in [1.54, 1.807) is 24.1 Å². The summed E-state index contributed by atoms with van der Waals surface area (Å²) < 4.78 is 40.6. The van der Waals surface area contributed by atoms with Crippen molar-refractivity contribution in [2.75, 3.05) is 13.7 Å². The molecule has 1 atom stereocenters. The highest BCUT2D eigenvalue weighted by Crippen LogP contribution is 2.35. The molecule has 1 aliphatic rings. The highest BCUT2D eigenvalue weighted by atomic mass is 19.1. The molecule has 158 valence electrons. The van der Waals surface area contributed by atoms with Crippen LogP contribution in [0.5, 0.6) is 11.5 Å². The summed E-state index contributed by atoms with van der Waals surface area (Å²) >= 11 is 0. The molecule has 31 heavy (non-hydrogen) atoms. The smallest absolute Gasteiger partial charge is 0.199 e. The third-order valence-corrected chi connectivity index (χ3v) is 5.25. The van der Waals surface area contributed by atoms with Gasteiger partial charge in [-0.05, 0) is 36.2 Å². The van der Waals surface area contributed by atoms with Gasteiger partial charge >= 0.3 is 0 Å². The molecule has 5 rings (SSSR count). The maximum absolute atomic E-state index is 14.1. The van der Waals surface area contributed by atoms with Crippen LogP contribution in [0.1, 0.15) is 22.9 Å². The Morgan fingerprint density at radius 3 is 2.94 bits per heavy atom. The van der Waals surface area contributed by atoms with Gasteiger partial charge in [-0.25, -0.2) is 18.4 Å². The summed E-state index contributed by atoms with van der Waals surface area (Å²) in [6.45, 7) is 0.670. The number of hydrogen-bond acceptors (Lipinski definition) is 5. The zero-order chi connectivity index (χ0) is 21.4. The summed E-state index contributed by atoms with van der Waals surface area (Å²) in [5, 5.41) is 11.5. The minimum Gasteiger partial charge on any atom is -0.497 e. The molecule has 0 amide bonds. The van der Waals surface area contributed by atoms with Gasteiger partial charge in [0.2, 0.25) is 0 Å². The van der Waals surface area contributed by atoms with E-state index in [4.69, 9.17) is 14.5 Å². The van der Waals surface area contributed by atoms with Gasteiger partial charge in [0, 0.05) is 17.8 Å². The first-order valence-electron chi connectivity index (χ1n) is 9.79. The number of H-pyrrole nitrogens is 1. The van der Waals surface area contributed by atoms with E-state index in [0.717, 1.165) is 17.4 Å². The van der Waals surface area contributed by atoms with Crippen molar-refractivity contribution >= 4 is 0 Å². The van der Waals surface area contributed by atoms with Gasteiger partial charge in [-0.3, -0.25) is 5.10 Å². The molecule has 0 spiro atoms. The number of benzene rings is 2. The van der Waals surface area contributed by atoms with Crippen molar-refractivity contribution < 1.29 is 18.3 Å². The largest absolute Gasteiger partial charge is 0.497 e. The fourth-order valence-electron chi connectivity index (χ4n) is 3.81. The number of rotatable bonds is 5. The van der Waals surface area contributed by atoms with Crippen LogP contribution in [0.2, 0.25) is 0 Å². The van der Waals surface area contributed by atoms with Crippen LogP contribution in [0.4, 0.5) is 8.78 Å². The fourth-order valence-corrected chi connectivity index (χ4v) is 3.81. The van der Waals surface area contributed by atoms with Crippen LogP contribution in [-0.4, -0.2) is 38.7 Å². The molecule has 2 aromatic heterocycles. The van der Waals surface area contributed by atoms with Crippen molar-refractivity contribution in [1.29, 1.82) is 0 Å². The molecule has 3 heterocycles. The molecule has 1 N–H and O–H groups in total. The van der Waals surface area contributed by atoms with E-state index in [0.29, 0.717) is 35.9 Å². The minimum absolute atomic E-state index is 0.102. The minimum atomic E-state index is -0.690. The van der Waals surface area contributed by atoms with Gasteiger partial charge in [0.05, 0.1) is 26.2 Å². The Morgan fingerprint density at radius 2 is 2.13 bits per heavy atom. The van der Waals surface area contributed by atoms with E-state index in [1.165, 1.54) is 6.07 Å². The van der Waals surface area contributed by atoms with Gasteiger partial charge in [0.25, 0.3) is 0 Å². The third-order valence-electron chi connectivity index (χ3n) is 5.25. The van der Waals surface area contributed by atoms with Crippen molar-refractivity contribution in [3.63, 3.8) is 0 Å². The maximum Gasteiger partial charge on any atom is 0.199 e. The summed E-state index contributed by atoms with van der Waals surface area (Å²) in [4.78, 5) is 4.71. The number of aromatic amines is 1. The van der Waals surface area contributed by atoms with Crippen molar-refractivity contribution in [1.82, 2.24) is 25.0 Å². The average molecular weight is 423 g/mol. The molecule has 9 heteroatoms. The second-order valence-electron chi connectivity index (χ2n) is 7.36. The Bertz CT molecular complexity index is 1220. The predicted molar refractivity (Wildman–Crippen MR) is 108 cm³/mol. The Labute approximate surface area is 176 Å². The molecule has 1 unspecified atom stereocenters. The van der Waals surface area contributed by atoms with Crippen LogP contribution >= 0.6 is 0 Å². The zero-order valence-corrected chi connectivity index (χ0v) is 16.7. The van der Waals surface area contributed by atoms with Crippen LogP contribution in [-0.2, 0) is 13.0 Å². The van der Waals surface area contributed by atoms with Gasteiger partial charge in [0.15, 0.2) is 17.4 Å². The van der Waals surface area contributed by atoms with Crippen LogP contribution in [0.15, 0.2) is 48.7 Å². The molecule has 1 aliphatic heterocycles. The highest BCUT2D eigenvalue weighted by Gasteiger charge is 2.29. The van der Waals surface area contributed by atoms with Crippen LogP contribution in [0.25, 0.3) is 11.5 Å². The molecule has 0 saturated heterocycles.